The van der Waals surface area contributed by atoms with Crippen molar-refractivity contribution < 1.29 is 0 Å². The van der Waals surface area contributed by atoms with E-state index in [9.17, 15) is 0 Å². The van der Waals surface area contributed by atoms with E-state index in [1.54, 1.807) is 0 Å². The first-order valence-electron chi connectivity index (χ1n) is 9.41. The third kappa shape index (κ3) is 2.82. The topological polar surface area (TPSA) is 4.93 Å². The fraction of sp³-hybridized carbons (Fsp3) is 0.0769. The molecule has 0 aliphatic carbocycles. The van der Waals surface area contributed by atoms with Crippen LogP contribution in [0.3, 0.4) is 0 Å². The van der Waals surface area contributed by atoms with Gasteiger partial charge < -0.3 is 4.57 Å². The van der Waals surface area contributed by atoms with Crippen molar-refractivity contribution in [3.05, 3.63) is 108 Å². The molecule has 27 heavy (non-hydrogen) atoms. The number of aromatic nitrogens is 1. The van der Waals surface area contributed by atoms with E-state index >= 15 is 0 Å². The summed E-state index contributed by atoms with van der Waals surface area (Å²) in [6, 6.07) is 35.0. The van der Waals surface area contributed by atoms with Crippen LogP contribution in [0.15, 0.2) is 97.1 Å². The lowest BCUT2D eigenvalue weighted by atomic mass is 10.0. The minimum absolute atomic E-state index is 0.877. The lowest BCUT2D eigenvalue weighted by Gasteiger charge is -2.09. The summed E-state index contributed by atoms with van der Waals surface area (Å²) in [5, 5.41) is 2.65. The smallest absolute Gasteiger partial charge is 0.0494 e. The Kier molecular flexibility index (Phi) is 3.79. The van der Waals surface area contributed by atoms with Crippen molar-refractivity contribution in [2.24, 2.45) is 0 Å². The number of hydrogen-bond acceptors (Lipinski definition) is 0. The van der Waals surface area contributed by atoms with Crippen LogP contribution >= 0.6 is 0 Å². The SMILES string of the molecule is Cc1ccc(-c2ccc(Cn3c4ccccc4c4ccccc43)cc2)cc1. The van der Waals surface area contributed by atoms with Gasteiger partial charge in [-0.15, -0.1) is 0 Å². The third-order valence-corrected chi connectivity index (χ3v) is 5.36. The van der Waals surface area contributed by atoms with Crippen LogP contribution in [-0.4, -0.2) is 4.57 Å². The zero-order chi connectivity index (χ0) is 18.2. The average molecular weight is 347 g/mol. The number of hydrogen-bond donors (Lipinski definition) is 0. The summed E-state index contributed by atoms with van der Waals surface area (Å²) in [5.74, 6) is 0. The zero-order valence-electron chi connectivity index (χ0n) is 15.4. The molecule has 0 N–H and O–H groups in total. The monoisotopic (exact) mass is 347 g/mol. The molecule has 0 aliphatic heterocycles. The number of benzene rings is 4. The van der Waals surface area contributed by atoms with E-state index in [1.165, 1.54) is 44.1 Å². The van der Waals surface area contributed by atoms with Gasteiger partial charge in [-0.1, -0.05) is 90.5 Å². The molecule has 0 saturated carbocycles. The molecule has 1 nitrogen and oxygen atoms in total. The Bertz CT molecular complexity index is 1170. The summed E-state index contributed by atoms with van der Waals surface area (Å²) in [7, 11) is 0. The number of fused-ring (bicyclic) bond motifs is 3. The van der Waals surface area contributed by atoms with Gasteiger partial charge in [-0.05, 0) is 35.7 Å². The molecule has 0 atom stereocenters. The average Bonchev–Trinajstić information content (AvgIpc) is 3.04. The maximum Gasteiger partial charge on any atom is 0.0494 e. The van der Waals surface area contributed by atoms with Gasteiger partial charge in [0.25, 0.3) is 0 Å². The number of nitrogens with zero attached hydrogens (tertiary/aromatic N) is 1. The van der Waals surface area contributed by atoms with Crippen molar-refractivity contribution in [2.75, 3.05) is 0 Å². The lowest BCUT2D eigenvalue weighted by molar-refractivity contribution is 0.869. The van der Waals surface area contributed by atoms with E-state index in [2.05, 4.69) is 109 Å². The zero-order valence-corrected chi connectivity index (χ0v) is 15.4. The van der Waals surface area contributed by atoms with Crippen LogP contribution in [-0.2, 0) is 6.54 Å². The highest BCUT2D eigenvalue weighted by molar-refractivity contribution is 6.08. The molecule has 1 aromatic heterocycles. The second-order valence-electron chi connectivity index (χ2n) is 7.18. The van der Waals surface area contributed by atoms with Crippen LogP contribution in [0.5, 0.6) is 0 Å². The van der Waals surface area contributed by atoms with Crippen LogP contribution in [0.1, 0.15) is 11.1 Å². The highest BCUT2D eigenvalue weighted by Gasteiger charge is 2.10. The van der Waals surface area contributed by atoms with Crippen molar-refractivity contribution >= 4 is 21.8 Å². The Balaban J connectivity index is 1.54. The van der Waals surface area contributed by atoms with Gasteiger partial charge in [-0.25, -0.2) is 0 Å². The quantitative estimate of drug-likeness (QED) is 0.337. The van der Waals surface area contributed by atoms with Crippen LogP contribution in [0.2, 0.25) is 0 Å². The van der Waals surface area contributed by atoms with E-state index in [4.69, 9.17) is 0 Å². The van der Waals surface area contributed by atoms with Crippen molar-refractivity contribution in [1.82, 2.24) is 4.57 Å². The normalized spacial score (nSPS) is 11.3. The summed E-state index contributed by atoms with van der Waals surface area (Å²) >= 11 is 0. The second-order valence-corrected chi connectivity index (χ2v) is 7.18. The van der Waals surface area contributed by atoms with Crippen LogP contribution in [0, 0.1) is 6.92 Å². The minimum Gasteiger partial charge on any atom is -0.336 e. The van der Waals surface area contributed by atoms with Gasteiger partial charge in [0.1, 0.15) is 0 Å². The van der Waals surface area contributed by atoms with E-state index in [-0.39, 0.29) is 0 Å². The summed E-state index contributed by atoms with van der Waals surface area (Å²) in [6.45, 7) is 3.00. The molecule has 0 radical (unpaired) electrons. The van der Waals surface area contributed by atoms with Gasteiger partial charge in [0.2, 0.25) is 0 Å². The molecule has 130 valence electrons. The molecule has 0 unspecified atom stereocenters. The Hall–Kier alpha value is -3.32. The Morgan fingerprint density at radius 1 is 0.556 bits per heavy atom. The highest BCUT2D eigenvalue weighted by atomic mass is 15.0. The summed E-state index contributed by atoms with van der Waals surface area (Å²) in [5.41, 5.74) is 7.73. The number of rotatable bonds is 3. The maximum atomic E-state index is 2.42. The molecular formula is C26H21N. The van der Waals surface area contributed by atoms with E-state index in [1.807, 2.05) is 0 Å². The molecule has 0 saturated heterocycles. The van der Waals surface area contributed by atoms with Gasteiger partial charge in [0.15, 0.2) is 0 Å². The maximum absolute atomic E-state index is 2.42. The molecule has 0 bridgehead atoms. The number of aryl methyl sites for hydroxylation is 1. The van der Waals surface area contributed by atoms with Crippen LogP contribution in [0.4, 0.5) is 0 Å². The highest BCUT2D eigenvalue weighted by Crippen LogP contribution is 2.29. The second kappa shape index (κ2) is 6.44. The van der Waals surface area contributed by atoms with E-state index in [0.717, 1.165) is 6.54 Å². The van der Waals surface area contributed by atoms with Crippen molar-refractivity contribution in [3.8, 4) is 11.1 Å². The Morgan fingerprint density at radius 2 is 1.04 bits per heavy atom. The summed E-state index contributed by atoms with van der Waals surface area (Å²) < 4.78 is 2.42. The predicted molar refractivity (Wildman–Crippen MR) is 115 cm³/mol. The van der Waals surface area contributed by atoms with Gasteiger partial charge in [0, 0.05) is 28.4 Å². The van der Waals surface area contributed by atoms with Crippen molar-refractivity contribution in [3.63, 3.8) is 0 Å². The van der Waals surface area contributed by atoms with Crippen molar-refractivity contribution in [2.45, 2.75) is 13.5 Å². The Labute approximate surface area is 159 Å². The minimum atomic E-state index is 0.877. The predicted octanol–water partition coefficient (Wildman–Crippen LogP) is 6.82. The van der Waals surface area contributed by atoms with Gasteiger partial charge in [-0.3, -0.25) is 0 Å². The summed E-state index contributed by atoms with van der Waals surface area (Å²) in [4.78, 5) is 0. The first-order valence-corrected chi connectivity index (χ1v) is 9.41. The Morgan fingerprint density at radius 3 is 1.59 bits per heavy atom. The molecule has 0 aliphatic rings. The van der Waals surface area contributed by atoms with E-state index < -0.39 is 0 Å². The molecule has 0 fully saturated rings. The van der Waals surface area contributed by atoms with Gasteiger partial charge in [0.05, 0.1) is 0 Å². The molecule has 5 rings (SSSR count). The molecule has 5 aromatic rings. The fourth-order valence-corrected chi connectivity index (χ4v) is 3.90. The third-order valence-electron chi connectivity index (χ3n) is 5.36. The summed E-state index contributed by atoms with van der Waals surface area (Å²) in [6.07, 6.45) is 0. The van der Waals surface area contributed by atoms with Gasteiger partial charge in [-0.2, -0.15) is 0 Å². The van der Waals surface area contributed by atoms with Crippen LogP contribution in [0.25, 0.3) is 32.9 Å². The fourth-order valence-electron chi connectivity index (χ4n) is 3.90. The number of para-hydroxylation sites is 2. The molecule has 1 heterocycles. The van der Waals surface area contributed by atoms with Crippen molar-refractivity contribution in [1.29, 1.82) is 0 Å². The van der Waals surface area contributed by atoms with E-state index in [0.29, 0.717) is 0 Å². The molecule has 4 aromatic carbocycles. The molecule has 0 amide bonds. The van der Waals surface area contributed by atoms with Gasteiger partial charge >= 0.3 is 0 Å². The largest absolute Gasteiger partial charge is 0.336 e. The van der Waals surface area contributed by atoms with Crippen LogP contribution < -0.4 is 0 Å². The molecule has 1 heteroatoms. The molecule has 0 spiro atoms. The standard InChI is InChI=1S/C26H21N/c1-19-10-14-21(15-11-19)22-16-12-20(13-17-22)18-27-25-8-4-2-6-23(25)24-7-3-5-9-26(24)27/h2-17H,18H2,1H3. The lowest BCUT2D eigenvalue weighted by Crippen LogP contribution is -1.99. The first kappa shape index (κ1) is 15.9. The molecular weight excluding hydrogens is 326 g/mol. The first-order chi connectivity index (χ1) is 13.3.